The number of carbonyl (C=O) groups is 2. The van der Waals surface area contributed by atoms with Crippen LogP contribution in [0.4, 0.5) is 14.6 Å². The summed E-state index contributed by atoms with van der Waals surface area (Å²) in [5.41, 5.74) is 2.22. The molecule has 2 fully saturated rings. The van der Waals surface area contributed by atoms with Crippen LogP contribution in [0.5, 0.6) is 0 Å². The van der Waals surface area contributed by atoms with Crippen LogP contribution < -0.4 is 10.6 Å². The van der Waals surface area contributed by atoms with Crippen molar-refractivity contribution in [2.45, 2.75) is 78.6 Å². The predicted molar refractivity (Wildman–Crippen MR) is 178 cm³/mol. The molecule has 0 spiro atoms. The monoisotopic (exact) mass is 659 g/mol. The van der Waals surface area contributed by atoms with Crippen LogP contribution in [0.3, 0.4) is 0 Å². The number of carbonyl (C=O) groups excluding carboxylic acids is 2. The number of nitrogens with zero attached hydrogens (tertiary/aromatic N) is 5. The molecule has 0 saturated heterocycles. The molecule has 5 rings (SSSR count). The lowest BCUT2D eigenvalue weighted by molar-refractivity contribution is -0.119. The first kappa shape index (κ1) is 34.0. The van der Waals surface area contributed by atoms with Gasteiger partial charge in [-0.15, -0.1) is 0 Å². The van der Waals surface area contributed by atoms with Gasteiger partial charge in [-0.1, -0.05) is 0 Å². The second-order valence-electron chi connectivity index (χ2n) is 13.8. The van der Waals surface area contributed by atoms with Crippen molar-refractivity contribution in [2.75, 3.05) is 36.4 Å². The van der Waals surface area contributed by atoms with E-state index < -0.39 is 28.4 Å². The number of anilines is 1. The minimum atomic E-state index is -2.82. The maximum Gasteiger partial charge on any atom is 0.270 e. The molecule has 1 unspecified atom stereocenters. The number of nitrogens with one attached hydrogen (secondary N) is 2. The normalized spacial score (nSPS) is 16.3. The van der Waals surface area contributed by atoms with Crippen molar-refractivity contribution in [3.8, 4) is 11.1 Å². The van der Waals surface area contributed by atoms with E-state index in [-0.39, 0.29) is 41.5 Å². The van der Waals surface area contributed by atoms with Gasteiger partial charge in [-0.2, -0.15) is 10.2 Å². The van der Waals surface area contributed by atoms with Gasteiger partial charge in [0.15, 0.2) is 0 Å². The molecule has 3 aromatic heterocycles. The molecule has 10 nitrogen and oxygen atoms in total. The highest BCUT2D eigenvalue weighted by Gasteiger charge is 2.48. The zero-order chi connectivity index (χ0) is 33.3. The summed E-state index contributed by atoms with van der Waals surface area (Å²) in [7, 11) is -0.697. The van der Waals surface area contributed by atoms with Crippen molar-refractivity contribution < 1.29 is 23.1 Å². The summed E-state index contributed by atoms with van der Waals surface area (Å²) in [4.78, 5) is 31.7. The van der Waals surface area contributed by atoms with Gasteiger partial charge in [0, 0.05) is 46.6 Å². The first-order valence-electron chi connectivity index (χ1n) is 16.0. The molecular weight excluding hydrogens is 612 g/mol. The lowest BCUT2D eigenvalue weighted by Crippen LogP contribution is -2.50. The zero-order valence-electron chi connectivity index (χ0n) is 27.8. The molecule has 0 aliphatic heterocycles. The Bertz CT molecular complexity index is 1540. The Hall–Kier alpha value is -3.32. The van der Waals surface area contributed by atoms with Gasteiger partial charge < -0.3 is 15.4 Å². The first-order valence-corrected chi connectivity index (χ1v) is 19.0. The third kappa shape index (κ3) is 7.96. The van der Waals surface area contributed by atoms with E-state index in [0.29, 0.717) is 41.1 Å². The number of aromatic nitrogens is 5. The highest BCUT2D eigenvalue weighted by atomic mass is 32.3. The van der Waals surface area contributed by atoms with Gasteiger partial charge in [0.2, 0.25) is 5.91 Å². The first-order chi connectivity index (χ1) is 21.7. The number of ether oxygens (including phenoxy) is 1. The molecule has 2 aliphatic carbocycles. The molecule has 0 aromatic carbocycles. The Labute approximate surface area is 271 Å². The number of amides is 2. The van der Waals surface area contributed by atoms with E-state index in [1.54, 1.807) is 28.6 Å². The van der Waals surface area contributed by atoms with Crippen molar-refractivity contribution in [1.82, 2.24) is 29.9 Å². The van der Waals surface area contributed by atoms with Gasteiger partial charge >= 0.3 is 0 Å². The van der Waals surface area contributed by atoms with Gasteiger partial charge in [-0.3, -0.25) is 14.3 Å². The second kappa shape index (κ2) is 13.8. The van der Waals surface area contributed by atoms with Crippen LogP contribution in [-0.4, -0.2) is 73.5 Å². The lowest BCUT2D eigenvalue weighted by atomic mass is 9.88. The third-order valence-electron chi connectivity index (χ3n) is 8.81. The number of hydrogen-bond acceptors (Lipinski definition) is 6. The summed E-state index contributed by atoms with van der Waals surface area (Å²) in [6.45, 7) is 8.28. The van der Waals surface area contributed by atoms with E-state index in [1.807, 2.05) is 20.8 Å². The van der Waals surface area contributed by atoms with Gasteiger partial charge in [0.1, 0.15) is 24.3 Å². The Morgan fingerprint density at radius 2 is 1.78 bits per heavy atom. The van der Waals surface area contributed by atoms with Crippen LogP contribution in [0.25, 0.3) is 11.1 Å². The molecule has 0 radical (unpaired) electrons. The Morgan fingerprint density at radius 1 is 1.11 bits per heavy atom. The van der Waals surface area contributed by atoms with Crippen molar-refractivity contribution in [2.24, 2.45) is 17.8 Å². The SMILES string of the molecule is Cc1nn(COCCS(C)(C)C)c(C)c1-c1cnc(NC(=O)C(NC(=O)c2ccnn2C(C)C)C(C2CC2)C2CC2)cc1C(F)F. The molecule has 13 heteroatoms. The third-order valence-corrected chi connectivity index (χ3v) is 10.2. The summed E-state index contributed by atoms with van der Waals surface area (Å²) >= 11 is 0. The van der Waals surface area contributed by atoms with E-state index in [2.05, 4.69) is 44.6 Å². The number of halogens is 2. The van der Waals surface area contributed by atoms with Gasteiger partial charge in [0.25, 0.3) is 12.3 Å². The van der Waals surface area contributed by atoms with E-state index in [0.717, 1.165) is 31.4 Å². The summed E-state index contributed by atoms with van der Waals surface area (Å²) in [6, 6.07) is 1.99. The molecule has 2 amide bonds. The van der Waals surface area contributed by atoms with Gasteiger partial charge in [0.05, 0.1) is 12.3 Å². The fourth-order valence-electron chi connectivity index (χ4n) is 6.15. The average Bonchev–Trinajstić information content (AvgIpc) is 3.92. The number of aryl methyl sites for hydroxylation is 1. The highest BCUT2D eigenvalue weighted by Crippen LogP contribution is 2.51. The van der Waals surface area contributed by atoms with E-state index in [9.17, 15) is 18.4 Å². The van der Waals surface area contributed by atoms with Crippen molar-refractivity contribution in [3.63, 3.8) is 0 Å². The summed E-state index contributed by atoms with van der Waals surface area (Å²) in [6.07, 6.45) is 10.8. The van der Waals surface area contributed by atoms with E-state index in [4.69, 9.17) is 4.74 Å². The molecule has 46 heavy (non-hydrogen) atoms. The van der Waals surface area contributed by atoms with Crippen LogP contribution in [-0.2, 0) is 16.3 Å². The second-order valence-corrected chi connectivity index (χ2v) is 18.4. The number of hydrogen-bond donors (Lipinski definition) is 2. The minimum absolute atomic E-state index is 0.0107. The number of alkyl halides is 2. The molecular formula is C33H47F2N7O3S. The predicted octanol–water partition coefficient (Wildman–Crippen LogP) is 6.12. The summed E-state index contributed by atoms with van der Waals surface area (Å²) in [5, 5.41) is 14.6. The van der Waals surface area contributed by atoms with E-state index >= 15 is 0 Å². The van der Waals surface area contributed by atoms with Crippen LogP contribution in [0.1, 0.15) is 79.4 Å². The van der Waals surface area contributed by atoms with Crippen molar-refractivity contribution >= 4 is 27.7 Å². The van der Waals surface area contributed by atoms with Crippen LogP contribution in [0.2, 0.25) is 0 Å². The smallest absolute Gasteiger partial charge is 0.270 e. The lowest BCUT2D eigenvalue weighted by Gasteiger charge is -2.27. The van der Waals surface area contributed by atoms with Gasteiger partial charge in [-0.25, -0.2) is 28.5 Å². The molecule has 2 saturated carbocycles. The Kier molecular flexibility index (Phi) is 10.2. The minimum Gasteiger partial charge on any atom is -0.358 e. The molecule has 3 aromatic rings. The fourth-order valence-corrected chi connectivity index (χ4v) is 6.77. The zero-order valence-corrected chi connectivity index (χ0v) is 28.7. The fraction of sp³-hybridized carbons (Fsp3) is 0.606. The van der Waals surface area contributed by atoms with Crippen LogP contribution in [0.15, 0.2) is 24.5 Å². The van der Waals surface area contributed by atoms with Crippen molar-refractivity contribution in [1.29, 1.82) is 0 Å². The standard InChI is InChI=1S/C33H47F2N7O3S/c1-19(2)42-26(12-13-37-42)32(43)39-30(29(22-8-9-22)23-10-11-23)33(44)38-27-16-24(31(34)35)25(17-36-27)28-20(3)40-41(21(28)4)18-45-14-15-46(5,6)7/h12-13,16-17,19,22-23,29-31H,8-11,14-15,18H2,1-7H3,(H,39,43)(H,36,38,44). The van der Waals surface area contributed by atoms with E-state index in [1.165, 1.54) is 12.3 Å². The molecule has 3 heterocycles. The Balaban J connectivity index is 1.37. The number of rotatable bonds is 15. The molecule has 2 N–H and O–H groups in total. The molecule has 0 bridgehead atoms. The summed E-state index contributed by atoms with van der Waals surface area (Å²) < 4.78 is 38.3. The largest absolute Gasteiger partial charge is 0.358 e. The molecule has 1 atom stereocenters. The Morgan fingerprint density at radius 3 is 2.37 bits per heavy atom. The van der Waals surface area contributed by atoms with Crippen LogP contribution in [0, 0.1) is 31.6 Å². The summed E-state index contributed by atoms with van der Waals surface area (Å²) in [5.74, 6) is 0.774. The van der Waals surface area contributed by atoms with Crippen LogP contribution >= 0.6 is 10.0 Å². The average molecular weight is 660 g/mol. The topological polar surface area (TPSA) is 116 Å². The molecule has 2 aliphatic rings. The maximum atomic E-state index is 14.6. The number of pyridine rings is 1. The maximum absolute atomic E-state index is 14.6. The highest BCUT2D eigenvalue weighted by molar-refractivity contribution is 8.32. The van der Waals surface area contributed by atoms with Crippen molar-refractivity contribution in [3.05, 3.63) is 47.2 Å². The quantitative estimate of drug-likeness (QED) is 0.190. The van der Waals surface area contributed by atoms with Gasteiger partial charge in [-0.05, 0) is 102 Å². The molecule has 252 valence electrons.